The molecular weight excluding hydrogens is 447 g/mol. The van der Waals surface area contributed by atoms with Gasteiger partial charge in [0.25, 0.3) is 5.91 Å². The first-order valence-electron chi connectivity index (χ1n) is 10.6. The number of benzene rings is 2. The van der Waals surface area contributed by atoms with Gasteiger partial charge < -0.3 is 10.2 Å². The van der Waals surface area contributed by atoms with Gasteiger partial charge in [0.05, 0.1) is 28.0 Å². The second-order valence-corrected chi connectivity index (χ2v) is 8.70. The van der Waals surface area contributed by atoms with Crippen LogP contribution in [0.5, 0.6) is 0 Å². The van der Waals surface area contributed by atoms with Gasteiger partial charge in [-0.25, -0.2) is 4.68 Å². The van der Waals surface area contributed by atoms with Crippen molar-refractivity contribution in [1.82, 2.24) is 14.7 Å². The van der Waals surface area contributed by atoms with Crippen molar-refractivity contribution >= 4 is 40.7 Å². The molecule has 2 aromatic carbocycles. The number of carbonyl (C=O) groups excluding carboxylic acids is 2. The molecule has 1 heterocycles. The predicted molar refractivity (Wildman–Crippen MR) is 127 cm³/mol. The molecule has 0 saturated heterocycles. The third-order valence-electron chi connectivity index (χ3n) is 5.59. The minimum absolute atomic E-state index is 0.145. The van der Waals surface area contributed by atoms with Crippen LogP contribution in [0, 0.1) is 0 Å². The summed E-state index contributed by atoms with van der Waals surface area (Å²) in [5.74, 6) is -0.664. The Morgan fingerprint density at radius 3 is 2.41 bits per heavy atom. The molecule has 1 aromatic heterocycles. The van der Waals surface area contributed by atoms with Gasteiger partial charge in [-0.3, -0.25) is 9.59 Å². The maximum absolute atomic E-state index is 13.3. The Hall–Kier alpha value is -2.83. The van der Waals surface area contributed by atoms with E-state index < -0.39 is 0 Å². The fraction of sp³-hybridized carbons (Fsp3) is 0.292. The van der Waals surface area contributed by atoms with Crippen LogP contribution >= 0.6 is 23.2 Å². The van der Waals surface area contributed by atoms with Gasteiger partial charge in [0.15, 0.2) is 5.69 Å². The number of anilines is 1. The maximum atomic E-state index is 13.3. The molecule has 3 aromatic rings. The van der Waals surface area contributed by atoms with Crippen LogP contribution in [-0.4, -0.2) is 40.1 Å². The molecule has 2 amide bonds. The molecule has 0 unspecified atom stereocenters. The molecule has 0 fully saturated rings. The quantitative estimate of drug-likeness (QED) is 0.523. The lowest BCUT2D eigenvalue weighted by molar-refractivity contribution is -0.116. The number of amides is 2. The Balaban J connectivity index is 1.57. The molecule has 8 heteroatoms. The van der Waals surface area contributed by atoms with Crippen molar-refractivity contribution in [2.75, 3.05) is 18.9 Å². The van der Waals surface area contributed by atoms with Gasteiger partial charge in [0.2, 0.25) is 5.91 Å². The van der Waals surface area contributed by atoms with Crippen molar-refractivity contribution in [2.45, 2.75) is 32.1 Å². The molecule has 0 saturated carbocycles. The number of para-hydroxylation sites is 2. The fourth-order valence-corrected chi connectivity index (χ4v) is 4.49. The SMILES string of the molecule is CN(CC(=O)Nc1c(Cl)cccc1Cl)C(=O)c1nn(-c2ccccc2)c2c1CCCCC2. The zero-order valence-electron chi connectivity index (χ0n) is 17.8. The first-order valence-corrected chi connectivity index (χ1v) is 11.4. The van der Waals surface area contributed by atoms with E-state index in [1.165, 1.54) is 4.90 Å². The van der Waals surface area contributed by atoms with E-state index in [2.05, 4.69) is 5.32 Å². The number of rotatable bonds is 5. The topological polar surface area (TPSA) is 67.2 Å². The molecule has 0 bridgehead atoms. The lowest BCUT2D eigenvalue weighted by Crippen LogP contribution is -2.35. The average molecular weight is 471 g/mol. The summed E-state index contributed by atoms with van der Waals surface area (Å²) in [6, 6.07) is 14.8. The minimum atomic E-state index is -0.385. The minimum Gasteiger partial charge on any atom is -0.331 e. The second-order valence-electron chi connectivity index (χ2n) is 7.89. The summed E-state index contributed by atoms with van der Waals surface area (Å²) in [5.41, 5.74) is 3.75. The number of carbonyl (C=O) groups is 2. The lowest BCUT2D eigenvalue weighted by Gasteiger charge is -2.17. The zero-order chi connectivity index (χ0) is 22.7. The molecular formula is C24H24Cl2N4O2. The average Bonchev–Trinajstić information content (AvgIpc) is 2.97. The Labute approximate surface area is 197 Å². The summed E-state index contributed by atoms with van der Waals surface area (Å²) in [6.07, 6.45) is 4.88. The van der Waals surface area contributed by atoms with Gasteiger partial charge in [-0.05, 0) is 49.9 Å². The van der Waals surface area contributed by atoms with Crippen LogP contribution in [0.25, 0.3) is 5.69 Å². The molecule has 166 valence electrons. The Morgan fingerprint density at radius 2 is 1.69 bits per heavy atom. The van der Waals surface area contributed by atoms with Crippen LogP contribution in [-0.2, 0) is 17.6 Å². The van der Waals surface area contributed by atoms with Gasteiger partial charge in [-0.1, -0.05) is 53.9 Å². The van der Waals surface area contributed by atoms with Gasteiger partial charge in [-0.15, -0.1) is 0 Å². The van der Waals surface area contributed by atoms with Crippen LogP contribution in [0.3, 0.4) is 0 Å². The van der Waals surface area contributed by atoms with Gasteiger partial charge >= 0.3 is 0 Å². The van der Waals surface area contributed by atoms with Crippen molar-refractivity contribution in [1.29, 1.82) is 0 Å². The predicted octanol–water partition coefficient (Wildman–Crippen LogP) is 5.16. The zero-order valence-corrected chi connectivity index (χ0v) is 19.3. The van der Waals surface area contributed by atoms with Crippen molar-refractivity contribution < 1.29 is 9.59 Å². The van der Waals surface area contributed by atoms with E-state index in [1.54, 1.807) is 25.2 Å². The van der Waals surface area contributed by atoms with E-state index in [1.807, 2.05) is 35.0 Å². The number of hydrogen-bond acceptors (Lipinski definition) is 3. The summed E-state index contributed by atoms with van der Waals surface area (Å²) in [5, 5.41) is 8.07. The molecule has 6 nitrogen and oxygen atoms in total. The fourth-order valence-electron chi connectivity index (χ4n) is 3.99. The van der Waals surface area contributed by atoms with E-state index >= 15 is 0 Å². The number of hydrogen-bond donors (Lipinski definition) is 1. The first kappa shape index (κ1) is 22.4. The third-order valence-corrected chi connectivity index (χ3v) is 6.22. The van der Waals surface area contributed by atoms with Crippen molar-refractivity contribution in [3.63, 3.8) is 0 Å². The van der Waals surface area contributed by atoms with Gasteiger partial charge in [0, 0.05) is 18.3 Å². The molecule has 1 aliphatic rings. The summed E-state index contributed by atoms with van der Waals surface area (Å²) >= 11 is 12.3. The molecule has 1 aliphatic carbocycles. The highest BCUT2D eigenvalue weighted by Crippen LogP contribution is 2.30. The summed E-state index contributed by atoms with van der Waals surface area (Å²) in [7, 11) is 1.60. The highest BCUT2D eigenvalue weighted by atomic mass is 35.5. The Bertz CT molecular complexity index is 1120. The molecule has 0 radical (unpaired) electrons. The molecule has 0 aliphatic heterocycles. The van der Waals surface area contributed by atoms with Crippen molar-refractivity contribution in [2.24, 2.45) is 0 Å². The first-order chi connectivity index (χ1) is 15.5. The highest BCUT2D eigenvalue weighted by Gasteiger charge is 2.27. The Kier molecular flexibility index (Phi) is 6.82. The summed E-state index contributed by atoms with van der Waals surface area (Å²) in [6.45, 7) is -0.145. The number of nitrogens with one attached hydrogen (secondary N) is 1. The second kappa shape index (κ2) is 9.76. The number of halogens is 2. The number of nitrogens with zero attached hydrogens (tertiary/aromatic N) is 3. The van der Waals surface area contributed by atoms with E-state index in [-0.39, 0.29) is 18.4 Å². The normalized spacial score (nSPS) is 13.2. The van der Waals surface area contributed by atoms with Crippen LogP contribution < -0.4 is 5.32 Å². The van der Waals surface area contributed by atoms with Crippen molar-refractivity contribution in [3.8, 4) is 5.69 Å². The Morgan fingerprint density at radius 1 is 1.00 bits per heavy atom. The molecule has 32 heavy (non-hydrogen) atoms. The lowest BCUT2D eigenvalue weighted by atomic mass is 10.1. The standard InChI is InChI=1S/C24H24Cl2N4O2/c1-29(15-21(31)27-23-18(25)12-8-13-19(23)26)24(32)22-17-11-6-3-7-14-20(17)30(28-22)16-9-4-2-5-10-16/h2,4-5,8-10,12-13H,3,6-7,11,14-15H2,1H3,(H,27,31). The monoisotopic (exact) mass is 470 g/mol. The van der Waals surface area contributed by atoms with Crippen LogP contribution in [0.15, 0.2) is 48.5 Å². The van der Waals surface area contributed by atoms with Gasteiger partial charge in [0.1, 0.15) is 0 Å². The molecule has 0 spiro atoms. The van der Waals surface area contributed by atoms with E-state index in [0.29, 0.717) is 21.4 Å². The third kappa shape index (κ3) is 4.66. The smallest absolute Gasteiger partial charge is 0.274 e. The maximum Gasteiger partial charge on any atom is 0.274 e. The highest BCUT2D eigenvalue weighted by molar-refractivity contribution is 6.39. The molecule has 0 atom stereocenters. The number of aromatic nitrogens is 2. The number of fused-ring (bicyclic) bond motifs is 1. The van der Waals surface area contributed by atoms with E-state index in [9.17, 15) is 9.59 Å². The van der Waals surface area contributed by atoms with Crippen LogP contribution in [0.1, 0.15) is 41.0 Å². The summed E-state index contributed by atoms with van der Waals surface area (Å²) < 4.78 is 1.88. The van der Waals surface area contributed by atoms with E-state index in [4.69, 9.17) is 28.3 Å². The summed E-state index contributed by atoms with van der Waals surface area (Å²) in [4.78, 5) is 27.3. The molecule has 1 N–H and O–H groups in total. The van der Waals surface area contributed by atoms with Crippen LogP contribution in [0.4, 0.5) is 5.69 Å². The molecule has 4 rings (SSSR count). The van der Waals surface area contributed by atoms with E-state index in [0.717, 1.165) is 49.0 Å². The van der Waals surface area contributed by atoms with Gasteiger partial charge in [-0.2, -0.15) is 5.10 Å². The van der Waals surface area contributed by atoms with Crippen LogP contribution in [0.2, 0.25) is 10.0 Å². The van der Waals surface area contributed by atoms with Crippen molar-refractivity contribution in [3.05, 3.63) is 75.5 Å². The largest absolute Gasteiger partial charge is 0.331 e. The number of likely N-dealkylation sites (N-methyl/N-ethyl adjacent to an activating group) is 1.